The van der Waals surface area contributed by atoms with E-state index in [0.717, 1.165) is 40.2 Å². The first kappa shape index (κ1) is 23.4. The van der Waals surface area contributed by atoms with Gasteiger partial charge in [-0.15, -0.1) is 0 Å². The van der Waals surface area contributed by atoms with Crippen LogP contribution in [0.3, 0.4) is 0 Å². The SMILES string of the molecule is Cc1nn(-c2ccccc2)nc1Cn1ccc2c(NC(=O)CC34CC5CC(CC(C5)C3)C4)cccc2c1=O. The van der Waals surface area contributed by atoms with Crippen molar-refractivity contribution in [2.24, 2.45) is 23.2 Å². The minimum Gasteiger partial charge on any atom is -0.325 e. The van der Waals surface area contributed by atoms with E-state index in [1.807, 2.05) is 61.5 Å². The van der Waals surface area contributed by atoms with Crippen LogP contribution >= 0.6 is 0 Å². The van der Waals surface area contributed by atoms with E-state index in [-0.39, 0.29) is 16.9 Å². The molecule has 0 spiro atoms. The summed E-state index contributed by atoms with van der Waals surface area (Å²) in [5, 5.41) is 13.7. The fraction of sp³-hybridized carbons (Fsp3) is 0.419. The smallest absolute Gasteiger partial charge is 0.258 e. The predicted molar refractivity (Wildman–Crippen MR) is 147 cm³/mol. The van der Waals surface area contributed by atoms with Crippen LogP contribution in [0.25, 0.3) is 16.5 Å². The lowest BCUT2D eigenvalue weighted by Crippen LogP contribution is -2.47. The molecule has 194 valence electrons. The van der Waals surface area contributed by atoms with Gasteiger partial charge in [0.15, 0.2) is 0 Å². The van der Waals surface area contributed by atoms with Crippen molar-refractivity contribution >= 4 is 22.4 Å². The summed E-state index contributed by atoms with van der Waals surface area (Å²) >= 11 is 0. The van der Waals surface area contributed by atoms with Crippen molar-refractivity contribution in [1.29, 1.82) is 0 Å². The molecule has 0 atom stereocenters. The molecular weight excluding hydrogens is 474 g/mol. The molecule has 2 aromatic carbocycles. The Labute approximate surface area is 221 Å². The zero-order valence-electron chi connectivity index (χ0n) is 21.8. The van der Waals surface area contributed by atoms with Crippen LogP contribution in [-0.2, 0) is 11.3 Å². The summed E-state index contributed by atoms with van der Waals surface area (Å²) in [5.74, 6) is 2.55. The molecule has 4 aliphatic carbocycles. The number of carbonyl (C=O) groups excluding carboxylic acids is 1. The Morgan fingerprint density at radius 1 is 0.921 bits per heavy atom. The molecule has 0 radical (unpaired) electrons. The highest BCUT2D eigenvalue weighted by Gasteiger charge is 2.51. The molecule has 4 bridgehead atoms. The van der Waals surface area contributed by atoms with Gasteiger partial charge in [0.05, 0.1) is 17.9 Å². The first-order valence-electron chi connectivity index (χ1n) is 13.8. The van der Waals surface area contributed by atoms with Crippen LogP contribution in [0.5, 0.6) is 0 Å². The Kier molecular flexibility index (Phi) is 5.49. The summed E-state index contributed by atoms with van der Waals surface area (Å²) in [5.41, 5.74) is 3.20. The zero-order chi connectivity index (χ0) is 25.9. The third kappa shape index (κ3) is 4.14. The minimum absolute atomic E-state index is 0.0804. The molecule has 1 amide bonds. The number of hydrogen-bond acceptors (Lipinski definition) is 4. The molecule has 0 saturated heterocycles. The molecule has 0 aliphatic heterocycles. The summed E-state index contributed by atoms with van der Waals surface area (Å²) in [6, 6.07) is 17.3. The number of fused-ring (bicyclic) bond motifs is 1. The van der Waals surface area contributed by atoms with Gasteiger partial charge in [-0.3, -0.25) is 9.59 Å². The molecule has 4 aromatic rings. The van der Waals surface area contributed by atoms with Crippen molar-refractivity contribution in [3.8, 4) is 5.69 Å². The highest BCUT2D eigenvalue weighted by Crippen LogP contribution is 2.61. The second-order valence-electron chi connectivity index (χ2n) is 12.0. The van der Waals surface area contributed by atoms with E-state index in [0.29, 0.717) is 24.0 Å². The monoisotopic (exact) mass is 507 g/mol. The second kappa shape index (κ2) is 8.93. The van der Waals surface area contributed by atoms with Gasteiger partial charge >= 0.3 is 0 Å². The Hall–Kier alpha value is -3.74. The first-order chi connectivity index (χ1) is 18.4. The number of amides is 1. The fourth-order valence-corrected chi connectivity index (χ4v) is 7.99. The average Bonchev–Trinajstić information content (AvgIpc) is 3.25. The highest BCUT2D eigenvalue weighted by atomic mass is 16.1. The van der Waals surface area contributed by atoms with Gasteiger partial charge in [-0.25, -0.2) is 0 Å². The summed E-state index contributed by atoms with van der Waals surface area (Å²) < 4.78 is 1.66. The fourth-order valence-electron chi connectivity index (χ4n) is 7.99. The second-order valence-corrected chi connectivity index (χ2v) is 12.0. The third-order valence-electron chi connectivity index (χ3n) is 9.18. The molecule has 2 aromatic heterocycles. The van der Waals surface area contributed by atoms with Gasteiger partial charge < -0.3 is 9.88 Å². The zero-order valence-corrected chi connectivity index (χ0v) is 21.8. The maximum absolute atomic E-state index is 13.5. The van der Waals surface area contributed by atoms with E-state index in [4.69, 9.17) is 0 Å². The average molecular weight is 508 g/mol. The topological polar surface area (TPSA) is 81.8 Å². The van der Waals surface area contributed by atoms with Crippen molar-refractivity contribution in [3.63, 3.8) is 0 Å². The van der Waals surface area contributed by atoms with Gasteiger partial charge in [-0.1, -0.05) is 24.3 Å². The number of pyridine rings is 1. The van der Waals surface area contributed by atoms with Gasteiger partial charge in [0.1, 0.15) is 5.69 Å². The molecule has 7 heteroatoms. The van der Waals surface area contributed by atoms with Crippen LogP contribution in [0.1, 0.15) is 56.3 Å². The largest absolute Gasteiger partial charge is 0.325 e. The molecule has 1 N–H and O–H groups in total. The van der Waals surface area contributed by atoms with Gasteiger partial charge in [-0.05, 0) is 98.9 Å². The van der Waals surface area contributed by atoms with E-state index >= 15 is 0 Å². The normalized spacial score (nSPS) is 25.7. The van der Waals surface area contributed by atoms with Gasteiger partial charge in [0.2, 0.25) is 5.91 Å². The Bertz CT molecular complexity index is 1550. The maximum Gasteiger partial charge on any atom is 0.258 e. The molecule has 4 fully saturated rings. The number of nitrogens with zero attached hydrogens (tertiary/aromatic N) is 4. The highest BCUT2D eigenvalue weighted by molar-refractivity contribution is 6.02. The molecule has 4 saturated carbocycles. The standard InChI is InChI=1S/C31H33N5O2/c1-20-28(34-36(33-20)24-6-3-2-4-7-24)19-35-11-10-25-26(30(35)38)8-5-9-27(25)32-29(37)18-31-15-21-12-22(16-31)14-23(13-21)17-31/h2-11,21-23H,12-19H2,1H3,(H,32,37). The lowest BCUT2D eigenvalue weighted by Gasteiger charge is -2.56. The van der Waals surface area contributed by atoms with Gasteiger partial charge in [0.25, 0.3) is 5.56 Å². The minimum atomic E-state index is -0.103. The number of nitrogens with one attached hydrogen (secondary N) is 1. The van der Waals surface area contributed by atoms with Crippen molar-refractivity contribution in [1.82, 2.24) is 19.6 Å². The van der Waals surface area contributed by atoms with Crippen LogP contribution in [0.4, 0.5) is 5.69 Å². The Balaban J connectivity index is 1.12. The van der Waals surface area contributed by atoms with Crippen molar-refractivity contribution < 1.29 is 4.79 Å². The van der Waals surface area contributed by atoms with Crippen LogP contribution in [0, 0.1) is 30.1 Å². The summed E-state index contributed by atoms with van der Waals surface area (Å²) in [7, 11) is 0. The maximum atomic E-state index is 13.5. The number of carbonyl (C=O) groups is 1. The van der Waals surface area contributed by atoms with Crippen molar-refractivity contribution in [2.45, 2.75) is 58.4 Å². The number of benzene rings is 2. The Morgan fingerprint density at radius 2 is 1.63 bits per heavy atom. The lowest BCUT2D eigenvalue weighted by atomic mass is 9.49. The number of hydrogen-bond donors (Lipinski definition) is 1. The summed E-state index contributed by atoms with van der Waals surface area (Å²) in [6.45, 7) is 2.24. The molecule has 2 heterocycles. The third-order valence-corrected chi connectivity index (χ3v) is 9.18. The van der Waals surface area contributed by atoms with E-state index in [9.17, 15) is 9.59 Å². The van der Waals surface area contributed by atoms with E-state index in [1.54, 1.807) is 15.6 Å². The van der Waals surface area contributed by atoms with E-state index in [2.05, 4.69) is 15.5 Å². The van der Waals surface area contributed by atoms with Gasteiger partial charge in [-0.2, -0.15) is 15.0 Å². The summed E-state index contributed by atoms with van der Waals surface area (Å²) in [6.07, 6.45) is 10.1. The number of aromatic nitrogens is 4. The van der Waals surface area contributed by atoms with Crippen LogP contribution in [0.2, 0.25) is 0 Å². The van der Waals surface area contributed by atoms with E-state index < -0.39 is 0 Å². The van der Waals surface area contributed by atoms with Crippen LogP contribution < -0.4 is 10.9 Å². The predicted octanol–water partition coefficient (Wildman–Crippen LogP) is 5.48. The number of aryl methyl sites for hydroxylation is 1. The molecule has 4 aliphatic rings. The first-order valence-corrected chi connectivity index (χ1v) is 13.8. The van der Waals surface area contributed by atoms with E-state index in [1.165, 1.54) is 38.5 Å². The van der Waals surface area contributed by atoms with Crippen LogP contribution in [-0.4, -0.2) is 25.5 Å². The molecule has 7 nitrogen and oxygen atoms in total. The number of rotatable bonds is 6. The van der Waals surface area contributed by atoms with Gasteiger partial charge in [0, 0.05) is 29.1 Å². The molecule has 38 heavy (non-hydrogen) atoms. The van der Waals surface area contributed by atoms with Crippen molar-refractivity contribution in [2.75, 3.05) is 5.32 Å². The van der Waals surface area contributed by atoms with Crippen molar-refractivity contribution in [3.05, 3.63) is 82.5 Å². The lowest BCUT2D eigenvalue weighted by molar-refractivity contribution is -0.124. The van der Waals surface area contributed by atoms with Crippen LogP contribution in [0.15, 0.2) is 65.6 Å². The molecule has 8 rings (SSSR count). The molecule has 0 unspecified atom stereocenters. The quantitative estimate of drug-likeness (QED) is 0.375. The number of para-hydroxylation sites is 1. The summed E-state index contributed by atoms with van der Waals surface area (Å²) in [4.78, 5) is 28.3. The molecular formula is C31H33N5O2. The Morgan fingerprint density at radius 3 is 2.34 bits per heavy atom. The number of anilines is 1.